The highest BCUT2D eigenvalue weighted by Crippen LogP contribution is 2.27. The van der Waals surface area contributed by atoms with Crippen LogP contribution in [0, 0.1) is 5.82 Å². The molecular formula is C14H12FN5O. The molecule has 0 spiro atoms. The van der Waals surface area contributed by atoms with Gasteiger partial charge in [0.25, 0.3) is 0 Å². The SMILES string of the molecule is COc1ccc(-c2nnnn2-c2cccc(F)c2)cc1N. The van der Waals surface area contributed by atoms with E-state index in [0.29, 0.717) is 28.5 Å². The van der Waals surface area contributed by atoms with Crippen LogP contribution >= 0.6 is 0 Å². The molecule has 3 rings (SSSR count). The number of rotatable bonds is 3. The van der Waals surface area contributed by atoms with E-state index in [4.69, 9.17) is 10.5 Å². The third-order valence-electron chi connectivity index (χ3n) is 3.01. The van der Waals surface area contributed by atoms with Crippen molar-refractivity contribution in [2.75, 3.05) is 12.8 Å². The van der Waals surface area contributed by atoms with Gasteiger partial charge in [-0.05, 0) is 46.8 Å². The summed E-state index contributed by atoms with van der Waals surface area (Å²) in [6.45, 7) is 0. The van der Waals surface area contributed by atoms with Crippen LogP contribution in [0.4, 0.5) is 10.1 Å². The van der Waals surface area contributed by atoms with Gasteiger partial charge in [-0.1, -0.05) is 6.07 Å². The fraction of sp³-hybridized carbons (Fsp3) is 0.0714. The number of halogens is 1. The third-order valence-corrected chi connectivity index (χ3v) is 3.01. The summed E-state index contributed by atoms with van der Waals surface area (Å²) in [6.07, 6.45) is 0. The van der Waals surface area contributed by atoms with Gasteiger partial charge in [0.1, 0.15) is 11.6 Å². The third kappa shape index (κ3) is 2.40. The van der Waals surface area contributed by atoms with E-state index < -0.39 is 0 Å². The average molecular weight is 285 g/mol. The predicted octanol–water partition coefficient (Wildman–Crippen LogP) is 2.06. The molecule has 0 bridgehead atoms. The molecule has 0 atom stereocenters. The second kappa shape index (κ2) is 5.20. The molecule has 21 heavy (non-hydrogen) atoms. The van der Waals surface area contributed by atoms with Crippen molar-refractivity contribution in [1.29, 1.82) is 0 Å². The van der Waals surface area contributed by atoms with Gasteiger partial charge in [-0.2, -0.15) is 4.68 Å². The van der Waals surface area contributed by atoms with Gasteiger partial charge in [-0.25, -0.2) is 4.39 Å². The Hall–Kier alpha value is -2.96. The minimum Gasteiger partial charge on any atom is -0.495 e. The molecule has 7 heteroatoms. The Kier molecular flexibility index (Phi) is 3.23. The van der Waals surface area contributed by atoms with Gasteiger partial charge in [0.2, 0.25) is 0 Å². The minimum absolute atomic E-state index is 0.358. The zero-order chi connectivity index (χ0) is 14.8. The number of tetrazole rings is 1. The Bertz CT molecular complexity index is 787. The van der Waals surface area contributed by atoms with Crippen LogP contribution in [0.25, 0.3) is 17.1 Å². The van der Waals surface area contributed by atoms with E-state index in [9.17, 15) is 4.39 Å². The van der Waals surface area contributed by atoms with Crippen molar-refractivity contribution in [3.8, 4) is 22.8 Å². The van der Waals surface area contributed by atoms with E-state index in [0.717, 1.165) is 0 Å². The summed E-state index contributed by atoms with van der Waals surface area (Å²) in [7, 11) is 1.54. The Morgan fingerprint density at radius 1 is 1.19 bits per heavy atom. The average Bonchev–Trinajstić information content (AvgIpc) is 2.96. The standard InChI is InChI=1S/C14H12FN5O/c1-21-13-6-5-9(7-12(13)16)14-17-18-19-20(14)11-4-2-3-10(15)8-11/h2-8H,16H2,1H3. The number of anilines is 1. The molecule has 106 valence electrons. The van der Waals surface area contributed by atoms with Crippen molar-refractivity contribution in [2.45, 2.75) is 0 Å². The van der Waals surface area contributed by atoms with Crippen molar-refractivity contribution >= 4 is 5.69 Å². The molecule has 6 nitrogen and oxygen atoms in total. The van der Waals surface area contributed by atoms with Crippen molar-refractivity contribution in [3.05, 3.63) is 48.3 Å². The van der Waals surface area contributed by atoms with E-state index >= 15 is 0 Å². The molecule has 0 radical (unpaired) electrons. The number of aromatic nitrogens is 4. The number of hydrogen-bond acceptors (Lipinski definition) is 5. The van der Waals surface area contributed by atoms with Crippen LogP contribution in [0.3, 0.4) is 0 Å². The number of nitrogens with zero attached hydrogens (tertiary/aromatic N) is 4. The fourth-order valence-corrected chi connectivity index (χ4v) is 2.02. The van der Waals surface area contributed by atoms with Crippen LogP contribution in [0.1, 0.15) is 0 Å². The van der Waals surface area contributed by atoms with Crippen LogP contribution in [-0.2, 0) is 0 Å². The summed E-state index contributed by atoms with van der Waals surface area (Å²) in [5.74, 6) is 0.682. The van der Waals surface area contributed by atoms with Gasteiger partial charge in [0.15, 0.2) is 5.82 Å². The molecule has 0 saturated carbocycles. The van der Waals surface area contributed by atoms with Crippen molar-refractivity contribution in [1.82, 2.24) is 20.2 Å². The van der Waals surface area contributed by atoms with Crippen molar-refractivity contribution < 1.29 is 9.13 Å². The van der Waals surface area contributed by atoms with Crippen LogP contribution in [0.2, 0.25) is 0 Å². The molecule has 2 N–H and O–H groups in total. The topological polar surface area (TPSA) is 78.9 Å². The van der Waals surface area contributed by atoms with Gasteiger partial charge in [-0.3, -0.25) is 0 Å². The van der Waals surface area contributed by atoms with Crippen molar-refractivity contribution in [2.24, 2.45) is 0 Å². The largest absolute Gasteiger partial charge is 0.495 e. The first-order valence-corrected chi connectivity index (χ1v) is 6.17. The first kappa shape index (κ1) is 13.0. The van der Waals surface area contributed by atoms with E-state index in [1.807, 2.05) is 0 Å². The molecule has 2 aromatic carbocycles. The number of nitrogens with two attached hydrogens (primary N) is 1. The lowest BCUT2D eigenvalue weighted by Crippen LogP contribution is -2.01. The number of benzene rings is 2. The highest BCUT2D eigenvalue weighted by atomic mass is 19.1. The second-order valence-electron chi connectivity index (χ2n) is 4.35. The van der Waals surface area contributed by atoms with Crippen LogP contribution in [-0.4, -0.2) is 27.3 Å². The van der Waals surface area contributed by atoms with Crippen molar-refractivity contribution in [3.63, 3.8) is 0 Å². The normalized spacial score (nSPS) is 10.6. The fourth-order valence-electron chi connectivity index (χ4n) is 2.02. The number of methoxy groups -OCH3 is 1. The zero-order valence-corrected chi connectivity index (χ0v) is 11.2. The van der Waals surface area contributed by atoms with E-state index in [-0.39, 0.29) is 5.82 Å². The monoisotopic (exact) mass is 285 g/mol. The van der Waals surface area contributed by atoms with E-state index in [1.165, 1.54) is 16.8 Å². The smallest absolute Gasteiger partial charge is 0.187 e. The molecule has 1 aromatic heterocycles. The molecule has 3 aromatic rings. The highest BCUT2D eigenvalue weighted by molar-refractivity contribution is 5.67. The zero-order valence-electron chi connectivity index (χ0n) is 11.2. The maximum Gasteiger partial charge on any atom is 0.187 e. The van der Waals surface area contributed by atoms with Gasteiger partial charge >= 0.3 is 0 Å². The molecule has 0 amide bonds. The van der Waals surface area contributed by atoms with Crippen LogP contribution < -0.4 is 10.5 Å². The maximum absolute atomic E-state index is 13.3. The Balaban J connectivity index is 2.09. The molecule has 1 heterocycles. The summed E-state index contributed by atoms with van der Waals surface area (Å²) in [6, 6.07) is 11.3. The maximum atomic E-state index is 13.3. The number of hydrogen-bond donors (Lipinski definition) is 1. The lowest BCUT2D eigenvalue weighted by atomic mass is 10.1. The molecular weight excluding hydrogens is 273 g/mol. The minimum atomic E-state index is -0.358. The quantitative estimate of drug-likeness (QED) is 0.745. The van der Waals surface area contributed by atoms with Crippen LogP contribution in [0.5, 0.6) is 5.75 Å². The molecule has 0 saturated heterocycles. The first-order chi connectivity index (χ1) is 10.2. The van der Waals surface area contributed by atoms with E-state index in [2.05, 4.69) is 15.5 Å². The van der Waals surface area contributed by atoms with Gasteiger partial charge in [0.05, 0.1) is 18.5 Å². The summed E-state index contributed by atoms with van der Waals surface area (Å²) in [5, 5.41) is 11.5. The molecule has 0 aliphatic carbocycles. The lowest BCUT2D eigenvalue weighted by Gasteiger charge is -2.08. The van der Waals surface area contributed by atoms with Crippen LogP contribution in [0.15, 0.2) is 42.5 Å². The van der Waals surface area contributed by atoms with E-state index in [1.54, 1.807) is 37.4 Å². The Morgan fingerprint density at radius 3 is 2.76 bits per heavy atom. The number of nitrogen functional groups attached to an aromatic ring is 1. The van der Waals surface area contributed by atoms with Gasteiger partial charge < -0.3 is 10.5 Å². The summed E-state index contributed by atoms with van der Waals surface area (Å²) in [4.78, 5) is 0. The lowest BCUT2D eigenvalue weighted by molar-refractivity contribution is 0.417. The Labute approximate surface area is 120 Å². The second-order valence-corrected chi connectivity index (χ2v) is 4.35. The van der Waals surface area contributed by atoms with Gasteiger partial charge in [0, 0.05) is 5.56 Å². The molecule has 0 aliphatic heterocycles. The summed E-state index contributed by atoms with van der Waals surface area (Å²) >= 11 is 0. The summed E-state index contributed by atoms with van der Waals surface area (Å²) < 4.78 is 19.9. The predicted molar refractivity (Wildman–Crippen MR) is 75.5 cm³/mol. The summed E-state index contributed by atoms with van der Waals surface area (Å²) in [5.41, 5.74) is 7.61. The highest BCUT2D eigenvalue weighted by Gasteiger charge is 2.12. The first-order valence-electron chi connectivity index (χ1n) is 6.17. The molecule has 0 unspecified atom stereocenters. The number of ether oxygens (including phenoxy) is 1. The Morgan fingerprint density at radius 2 is 2.05 bits per heavy atom. The van der Waals surface area contributed by atoms with Gasteiger partial charge in [-0.15, -0.1) is 5.10 Å². The molecule has 0 aliphatic rings. The molecule has 0 fully saturated rings.